The first-order valence-corrected chi connectivity index (χ1v) is 7.57. The summed E-state index contributed by atoms with van der Waals surface area (Å²) < 4.78 is 0. The fourth-order valence-electron chi connectivity index (χ4n) is 3.55. The van der Waals surface area contributed by atoms with E-state index >= 15 is 0 Å². The summed E-state index contributed by atoms with van der Waals surface area (Å²) in [4.78, 5) is 14.5. The minimum Gasteiger partial charge on any atom is -0.396 e. The molecule has 1 aliphatic carbocycles. The highest BCUT2D eigenvalue weighted by Crippen LogP contribution is 2.38. The maximum Gasteiger partial charge on any atom is 0.225 e. The zero-order valence-electron chi connectivity index (χ0n) is 11.8. The van der Waals surface area contributed by atoms with E-state index in [2.05, 4.69) is 13.8 Å². The molecule has 1 saturated heterocycles. The average Bonchev–Trinajstić information content (AvgIpc) is 2.36. The lowest BCUT2D eigenvalue weighted by Crippen LogP contribution is -2.54. The van der Waals surface area contributed by atoms with Gasteiger partial charge in [-0.05, 0) is 24.7 Å². The number of aliphatic hydroxyl groups is 1. The van der Waals surface area contributed by atoms with E-state index in [0.29, 0.717) is 23.7 Å². The molecule has 1 amide bonds. The van der Waals surface area contributed by atoms with Crippen LogP contribution in [-0.4, -0.2) is 35.6 Å². The fourth-order valence-corrected chi connectivity index (χ4v) is 3.55. The largest absolute Gasteiger partial charge is 0.396 e. The van der Waals surface area contributed by atoms with Gasteiger partial charge in [-0.1, -0.05) is 33.1 Å². The van der Waals surface area contributed by atoms with Crippen LogP contribution in [0, 0.1) is 23.7 Å². The molecule has 0 radical (unpaired) electrons. The number of rotatable bonds is 4. The number of carbonyl (C=O) groups excluding carboxylic acids is 1. The molecule has 0 aromatic rings. The maximum atomic E-state index is 12.5. The van der Waals surface area contributed by atoms with Crippen molar-refractivity contribution in [1.82, 2.24) is 4.90 Å². The predicted molar refractivity (Wildman–Crippen MR) is 72.1 cm³/mol. The van der Waals surface area contributed by atoms with Crippen LogP contribution in [0.3, 0.4) is 0 Å². The summed E-state index contributed by atoms with van der Waals surface area (Å²) in [5, 5.41) is 9.04. The van der Waals surface area contributed by atoms with Crippen LogP contribution >= 0.6 is 0 Å². The summed E-state index contributed by atoms with van der Waals surface area (Å²) in [5.74, 6) is 2.20. The van der Waals surface area contributed by atoms with E-state index in [4.69, 9.17) is 5.11 Å². The van der Waals surface area contributed by atoms with E-state index in [9.17, 15) is 4.79 Å². The summed E-state index contributed by atoms with van der Waals surface area (Å²) in [7, 11) is 0. The van der Waals surface area contributed by atoms with Gasteiger partial charge < -0.3 is 10.0 Å². The summed E-state index contributed by atoms with van der Waals surface area (Å²) >= 11 is 0. The Bertz CT molecular complexity index is 286. The summed E-state index contributed by atoms with van der Waals surface area (Å²) in [6, 6.07) is 0. The molecule has 2 aliphatic rings. The van der Waals surface area contributed by atoms with Gasteiger partial charge >= 0.3 is 0 Å². The third-order valence-corrected chi connectivity index (χ3v) is 5.04. The number of hydrogen-bond acceptors (Lipinski definition) is 2. The first-order chi connectivity index (χ1) is 8.67. The molecule has 3 heteroatoms. The van der Waals surface area contributed by atoms with Crippen LogP contribution in [0.15, 0.2) is 0 Å². The molecule has 1 saturated carbocycles. The van der Waals surface area contributed by atoms with Gasteiger partial charge in [-0.25, -0.2) is 0 Å². The molecule has 1 aliphatic heterocycles. The van der Waals surface area contributed by atoms with Gasteiger partial charge in [0.05, 0.1) is 0 Å². The Kier molecular flexibility index (Phi) is 4.66. The first-order valence-electron chi connectivity index (χ1n) is 7.57. The number of nitrogens with zero attached hydrogens (tertiary/aromatic N) is 1. The van der Waals surface area contributed by atoms with Crippen molar-refractivity contribution in [1.29, 1.82) is 0 Å². The second kappa shape index (κ2) is 6.05. The zero-order chi connectivity index (χ0) is 13.1. The molecule has 2 rings (SSSR count). The highest BCUT2D eigenvalue weighted by Gasteiger charge is 2.39. The maximum absolute atomic E-state index is 12.5. The predicted octanol–water partition coefficient (Wildman–Crippen LogP) is 2.29. The van der Waals surface area contributed by atoms with Crippen molar-refractivity contribution in [2.75, 3.05) is 19.7 Å². The Morgan fingerprint density at radius 3 is 2.61 bits per heavy atom. The number of carbonyl (C=O) groups is 1. The van der Waals surface area contributed by atoms with E-state index in [1.807, 2.05) is 4.90 Å². The number of amides is 1. The van der Waals surface area contributed by atoms with Crippen LogP contribution in [-0.2, 0) is 4.79 Å². The topological polar surface area (TPSA) is 40.5 Å². The van der Waals surface area contributed by atoms with Crippen LogP contribution < -0.4 is 0 Å². The molecule has 0 aromatic heterocycles. The molecule has 3 atom stereocenters. The molecule has 2 fully saturated rings. The van der Waals surface area contributed by atoms with Crippen molar-refractivity contribution in [2.45, 2.75) is 46.0 Å². The van der Waals surface area contributed by atoms with E-state index in [1.165, 1.54) is 25.7 Å². The lowest BCUT2D eigenvalue weighted by atomic mass is 9.71. The number of aliphatic hydroxyl groups excluding tert-OH is 1. The van der Waals surface area contributed by atoms with Crippen molar-refractivity contribution in [3.63, 3.8) is 0 Å². The molecule has 1 N–H and O–H groups in total. The standard InChI is InChI=1S/C15H27NO2/c1-3-11(2)13-6-4-5-7-14(13)15(18)16-8-12(9-16)10-17/h11-14,17H,3-10H2,1-2H3. The Morgan fingerprint density at radius 1 is 1.33 bits per heavy atom. The monoisotopic (exact) mass is 253 g/mol. The molecule has 0 aromatic carbocycles. The molecule has 18 heavy (non-hydrogen) atoms. The quantitative estimate of drug-likeness (QED) is 0.835. The second-order valence-corrected chi connectivity index (χ2v) is 6.23. The van der Waals surface area contributed by atoms with Gasteiger partial charge in [0.15, 0.2) is 0 Å². The molecule has 0 bridgehead atoms. The summed E-state index contributed by atoms with van der Waals surface area (Å²) in [5.41, 5.74) is 0. The molecule has 0 spiro atoms. The molecule has 1 heterocycles. The Morgan fingerprint density at radius 2 is 2.00 bits per heavy atom. The van der Waals surface area contributed by atoms with Gasteiger partial charge in [0, 0.05) is 31.5 Å². The van der Waals surface area contributed by atoms with Crippen molar-refractivity contribution in [3.05, 3.63) is 0 Å². The molecular weight excluding hydrogens is 226 g/mol. The van der Waals surface area contributed by atoms with Gasteiger partial charge in [0.2, 0.25) is 5.91 Å². The highest BCUT2D eigenvalue weighted by molar-refractivity contribution is 5.80. The van der Waals surface area contributed by atoms with Gasteiger partial charge in [0.25, 0.3) is 0 Å². The minimum atomic E-state index is 0.225. The second-order valence-electron chi connectivity index (χ2n) is 6.23. The number of likely N-dealkylation sites (tertiary alicyclic amines) is 1. The lowest BCUT2D eigenvalue weighted by Gasteiger charge is -2.43. The Labute approximate surface area is 111 Å². The van der Waals surface area contributed by atoms with E-state index < -0.39 is 0 Å². The third-order valence-electron chi connectivity index (χ3n) is 5.04. The van der Waals surface area contributed by atoms with Gasteiger partial charge in [-0.2, -0.15) is 0 Å². The molecular formula is C15H27NO2. The molecule has 104 valence electrons. The van der Waals surface area contributed by atoms with E-state index in [0.717, 1.165) is 19.5 Å². The van der Waals surface area contributed by atoms with Gasteiger partial charge in [0.1, 0.15) is 0 Å². The SMILES string of the molecule is CCC(C)C1CCCCC1C(=O)N1CC(CO)C1. The van der Waals surface area contributed by atoms with E-state index in [-0.39, 0.29) is 12.5 Å². The van der Waals surface area contributed by atoms with Crippen molar-refractivity contribution >= 4 is 5.91 Å². The minimum absolute atomic E-state index is 0.225. The van der Waals surface area contributed by atoms with Gasteiger partial charge in [-0.15, -0.1) is 0 Å². The van der Waals surface area contributed by atoms with Crippen molar-refractivity contribution in [2.24, 2.45) is 23.7 Å². The average molecular weight is 253 g/mol. The van der Waals surface area contributed by atoms with Crippen LogP contribution in [0.2, 0.25) is 0 Å². The number of hydrogen-bond donors (Lipinski definition) is 1. The Hall–Kier alpha value is -0.570. The van der Waals surface area contributed by atoms with Crippen LogP contribution in [0.5, 0.6) is 0 Å². The van der Waals surface area contributed by atoms with Crippen LogP contribution in [0.4, 0.5) is 0 Å². The van der Waals surface area contributed by atoms with Crippen molar-refractivity contribution in [3.8, 4) is 0 Å². The summed E-state index contributed by atoms with van der Waals surface area (Å²) in [6.07, 6.45) is 5.98. The third kappa shape index (κ3) is 2.71. The lowest BCUT2D eigenvalue weighted by molar-refractivity contribution is -0.147. The zero-order valence-corrected chi connectivity index (χ0v) is 11.8. The normalized spacial score (nSPS) is 30.9. The molecule has 3 nitrogen and oxygen atoms in total. The smallest absolute Gasteiger partial charge is 0.225 e. The first kappa shape index (κ1) is 13.9. The Balaban J connectivity index is 1.94. The molecule has 3 unspecified atom stereocenters. The van der Waals surface area contributed by atoms with Gasteiger partial charge in [-0.3, -0.25) is 4.79 Å². The van der Waals surface area contributed by atoms with Crippen molar-refractivity contribution < 1.29 is 9.90 Å². The fraction of sp³-hybridized carbons (Fsp3) is 0.933. The van der Waals surface area contributed by atoms with Crippen LogP contribution in [0.1, 0.15) is 46.0 Å². The van der Waals surface area contributed by atoms with Crippen LogP contribution in [0.25, 0.3) is 0 Å². The van der Waals surface area contributed by atoms with E-state index in [1.54, 1.807) is 0 Å². The summed E-state index contributed by atoms with van der Waals surface area (Å²) in [6.45, 7) is 6.30. The highest BCUT2D eigenvalue weighted by atomic mass is 16.3.